The van der Waals surface area contributed by atoms with Crippen LogP contribution in [0.4, 0.5) is 8.78 Å². The Hall–Kier alpha value is -2.89. The average molecular weight is 358 g/mol. The Morgan fingerprint density at radius 3 is 2.46 bits per heavy atom. The molecule has 2 N–H and O–H groups in total. The molecular weight excluding hydrogens is 338 g/mol. The zero-order valence-electron chi connectivity index (χ0n) is 14.4. The summed E-state index contributed by atoms with van der Waals surface area (Å²) in [6, 6.07) is 6.14. The van der Waals surface area contributed by atoms with E-state index < -0.39 is 18.1 Å². The van der Waals surface area contributed by atoms with Crippen molar-refractivity contribution in [3.05, 3.63) is 71.5 Å². The van der Waals surface area contributed by atoms with Crippen molar-refractivity contribution in [2.45, 2.75) is 32.1 Å². The van der Waals surface area contributed by atoms with Crippen LogP contribution < -0.4 is 5.32 Å². The number of ketones is 1. The molecule has 0 aromatic heterocycles. The van der Waals surface area contributed by atoms with Gasteiger partial charge in [0.2, 0.25) is 0 Å². The Morgan fingerprint density at radius 2 is 1.81 bits per heavy atom. The van der Waals surface area contributed by atoms with Gasteiger partial charge >= 0.3 is 0 Å². The molecule has 0 aliphatic heterocycles. The van der Waals surface area contributed by atoms with Gasteiger partial charge in [-0.25, -0.2) is 8.78 Å². The quantitative estimate of drug-likeness (QED) is 0.718. The molecule has 0 fully saturated rings. The molecule has 0 bridgehead atoms. The van der Waals surface area contributed by atoms with Crippen molar-refractivity contribution in [3.63, 3.8) is 0 Å². The van der Waals surface area contributed by atoms with Gasteiger partial charge in [-0.05, 0) is 43.2 Å². The fourth-order valence-electron chi connectivity index (χ4n) is 2.40. The minimum Gasteiger partial charge on any atom is -0.322 e. The zero-order valence-corrected chi connectivity index (χ0v) is 14.4. The molecule has 4 nitrogen and oxygen atoms in total. The van der Waals surface area contributed by atoms with E-state index in [1.54, 1.807) is 6.08 Å². The van der Waals surface area contributed by atoms with E-state index in [0.717, 1.165) is 6.42 Å². The lowest BCUT2D eigenvalue weighted by molar-refractivity contribution is -0.123. The normalized spacial score (nSPS) is 13.7. The fourth-order valence-corrected chi connectivity index (χ4v) is 2.40. The number of rotatable bonds is 7. The van der Waals surface area contributed by atoms with Crippen molar-refractivity contribution in [2.24, 2.45) is 0 Å². The van der Waals surface area contributed by atoms with Gasteiger partial charge < -0.3 is 10.7 Å². The molecule has 0 unspecified atom stereocenters. The number of benzene rings is 1. The fraction of sp³-hybridized carbons (Fsp3) is 0.250. The van der Waals surface area contributed by atoms with Crippen molar-refractivity contribution in [3.8, 4) is 0 Å². The maximum Gasteiger partial charge on any atom is 0.255 e. The first-order chi connectivity index (χ1) is 12.2. The van der Waals surface area contributed by atoms with Crippen molar-refractivity contribution < 1.29 is 18.4 Å². The molecule has 1 amide bonds. The molecular formula is C20H20F2N2O2. The van der Waals surface area contributed by atoms with Crippen molar-refractivity contribution >= 4 is 17.4 Å². The van der Waals surface area contributed by atoms with Gasteiger partial charge in [-0.2, -0.15) is 0 Å². The molecule has 0 atom stereocenters. The molecule has 0 spiro atoms. The molecule has 136 valence electrons. The number of hydrogen-bond donors (Lipinski definition) is 2. The first kappa shape index (κ1) is 19.4. The second-order valence-electron chi connectivity index (χ2n) is 6.16. The summed E-state index contributed by atoms with van der Waals surface area (Å²) in [5.41, 5.74) is 1.44. The maximum atomic E-state index is 12.8. The van der Waals surface area contributed by atoms with E-state index >= 15 is 0 Å². The Kier molecular flexibility index (Phi) is 6.33. The second-order valence-corrected chi connectivity index (χ2v) is 6.16. The van der Waals surface area contributed by atoms with Gasteiger partial charge in [0.05, 0.1) is 6.42 Å². The molecule has 0 radical (unpaired) electrons. The summed E-state index contributed by atoms with van der Waals surface area (Å²) in [7, 11) is 0. The summed E-state index contributed by atoms with van der Waals surface area (Å²) < 4.78 is 25.7. The standard InChI is InChI=1S/C20H20F2N2O2/c1-20(21,22)13-17(25)12-18(23)14-8-10-15(11-9-14)19(26)24-16-6-4-2-3-5-7-16/h2,4-11,23H,3,12-13H2,1H3,(H,24,26). The van der Waals surface area contributed by atoms with Crippen LogP contribution in [0.5, 0.6) is 0 Å². The van der Waals surface area contributed by atoms with Crippen LogP contribution in [0.1, 0.15) is 42.1 Å². The molecule has 6 heteroatoms. The number of halogens is 2. The monoisotopic (exact) mass is 358 g/mol. The van der Waals surface area contributed by atoms with Crippen LogP contribution in [-0.4, -0.2) is 23.3 Å². The van der Waals surface area contributed by atoms with E-state index in [9.17, 15) is 18.4 Å². The van der Waals surface area contributed by atoms with Crippen molar-refractivity contribution in [1.82, 2.24) is 5.32 Å². The predicted octanol–water partition coefficient (Wildman–Crippen LogP) is 4.19. The minimum atomic E-state index is -3.07. The smallest absolute Gasteiger partial charge is 0.255 e. The first-order valence-corrected chi connectivity index (χ1v) is 8.17. The van der Waals surface area contributed by atoms with E-state index in [1.807, 2.05) is 24.3 Å². The average Bonchev–Trinajstić information content (AvgIpc) is 2.81. The largest absolute Gasteiger partial charge is 0.322 e. The molecule has 0 heterocycles. The third-order valence-corrected chi connectivity index (χ3v) is 3.62. The van der Waals surface area contributed by atoms with Crippen molar-refractivity contribution in [2.75, 3.05) is 0 Å². The van der Waals surface area contributed by atoms with E-state index in [2.05, 4.69) is 5.32 Å². The lowest BCUT2D eigenvalue weighted by atomic mass is 10.0. The number of hydrogen-bond acceptors (Lipinski definition) is 3. The highest BCUT2D eigenvalue weighted by atomic mass is 19.3. The van der Waals surface area contributed by atoms with Crippen LogP contribution >= 0.6 is 0 Å². The lowest BCUT2D eigenvalue weighted by Crippen LogP contribution is -2.22. The van der Waals surface area contributed by atoms with Gasteiger partial charge in [0.15, 0.2) is 0 Å². The summed E-state index contributed by atoms with van der Waals surface area (Å²) in [6.45, 7) is 0.677. The van der Waals surface area contributed by atoms with E-state index in [4.69, 9.17) is 5.41 Å². The molecule has 26 heavy (non-hydrogen) atoms. The number of alkyl halides is 2. The van der Waals surface area contributed by atoms with E-state index in [-0.39, 0.29) is 18.0 Å². The third kappa shape index (κ3) is 6.20. The van der Waals surface area contributed by atoms with Gasteiger partial charge in [-0.15, -0.1) is 0 Å². The minimum absolute atomic E-state index is 0.0502. The molecule has 0 saturated carbocycles. The summed E-state index contributed by atoms with van der Waals surface area (Å²) in [5, 5.41) is 10.7. The lowest BCUT2D eigenvalue weighted by Gasteiger charge is -2.10. The topological polar surface area (TPSA) is 70.0 Å². The van der Waals surface area contributed by atoms with Crippen LogP contribution in [0.2, 0.25) is 0 Å². The SMILES string of the molecule is CC(F)(F)CC(=O)CC(=N)c1ccc(C(=O)NC2=CC=CCC=C2)cc1. The highest BCUT2D eigenvalue weighted by Crippen LogP contribution is 2.18. The predicted molar refractivity (Wildman–Crippen MR) is 96.6 cm³/mol. The van der Waals surface area contributed by atoms with Gasteiger partial charge in [0.1, 0.15) is 5.78 Å². The van der Waals surface area contributed by atoms with E-state index in [0.29, 0.717) is 23.7 Å². The zero-order chi connectivity index (χ0) is 19.2. The Morgan fingerprint density at radius 1 is 1.15 bits per heavy atom. The van der Waals surface area contributed by atoms with E-state index in [1.165, 1.54) is 24.3 Å². The Balaban J connectivity index is 1.97. The summed E-state index contributed by atoms with van der Waals surface area (Å²) in [4.78, 5) is 23.8. The van der Waals surface area contributed by atoms with Gasteiger partial charge in [-0.3, -0.25) is 9.59 Å². The molecule has 1 aromatic carbocycles. The third-order valence-electron chi connectivity index (χ3n) is 3.62. The first-order valence-electron chi connectivity index (χ1n) is 8.17. The second kappa shape index (κ2) is 8.47. The maximum absolute atomic E-state index is 12.8. The summed E-state index contributed by atoms with van der Waals surface area (Å²) in [6.07, 6.45) is 8.92. The van der Waals surface area contributed by atoms with Gasteiger partial charge in [0, 0.05) is 23.4 Å². The molecule has 0 saturated heterocycles. The Labute approximate surface area is 150 Å². The van der Waals surface area contributed by atoms with Crippen LogP contribution in [0.25, 0.3) is 0 Å². The molecule has 2 rings (SSSR count). The number of carbonyl (C=O) groups is 2. The number of allylic oxidation sites excluding steroid dienone is 5. The number of nitrogens with one attached hydrogen (secondary N) is 2. The van der Waals surface area contributed by atoms with Crippen molar-refractivity contribution in [1.29, 1.82) is 5.41 Å². The summed E-state index contributed by atoms with van der Waals surface area (Å²) >= 11 is 0. The summed E-state index contributed by atoms with van der Waals surface area (Å²) in [5.74, 6) is -4.06. The molecule has 1 aliphatic rings. The van der Waals surface area contributed by atoms with Gasteiger partial charge in [-0.1, -0.05) is 30.4 Å². The highest BCUT2D eigenvalue weighted by Gasteiger charge is 2.26. The van der Waals surface area contributed by atoms with Gasteiger partial charge in [0.25, 0.3) is 11.8 Å². The number of amides is 1. The number of carbonyl (C=O) groups excluding carboxylic acids is 2. The highest BCUT2D eigenvalue weighted by molar-refractivity contribution is 6.10. The molecule has 1 aliphatic carbocycles. The number of Topliss-reactive ketones (excluding diaryl/α,β-unsaturated/α-hetero) is 1. The van der Waals surface area contributed by atoms with Crippen LogP contribution in [0, 0.1) is 5.41 Å². The van der Waals surface area contributed by atoms with Crippen LogP contribution in [0.15, 0.2) is 60.3 Å². The van der Waals surface area contributed by atoms with Crippen LogP contribution in [-0.2, 0) is 4.79 Å². The molecule has 1 aromatic rings. The van der Waals surface area contributed by atoms with Crippen LogP contribution in [0.3, 0.4) is 0 Å². The Bertz CT molecular complexity index is 785.